The highest BCUT2D eigenvalue weighted by Gasteiger charge is 2.23. The number of aromatic nitrogens is 1. The molecule has 3 nitrogen and oxygen atoms in total. The van der Waals surface area contributed by atoms with Gasteiger partial charge in [0.25, 0.3) is 5.91 Å². The standard InChI is InChI=1S/C17H24N2OS/c1-5-14-16(13-7-9-21-10-13)15(17(18)20)12(4)19(14)8-6-11(2)3/h7,9-11H,5-6,8H2,1-4H3,(H2,18,20). The zero-order valence-electron chi connectivity index (χ0n) is 13.3. The Morgan fingerprint density at radius 1 is 1.43 bits per heavy atom. The van der Waals surface area contributed by atoms with E-state index in [1.165, 1.54) is 5.69 Å². The van der Waals surface area contributed by atoms with Crippen molar-refractivity contribution in [3.8, 4) is 11.1 Å². The third-order valence-electron chi connectivity index (χ3n) is 3.95. The second kappa shape index (κ2) is 6.48. The molecule has 2 aromatic rings. The Kier molecular flexibility index (Phi) is 4.88. The minimum atomic E-state index is -0.327. The molecule has 0 atom stereocenters. The molecule has 0 aliphatic rings. The van der Waals surface area contributed by atoms with Gasteiger partial charge in [0, 0.05) is 23.5 Å². The lowest BCUT2D eigenvalue weighted by molar-refractivity contribution is 0.1000. The summed E-state index contributed by atoms with van der Waals surface area (Å²) in [5.74, 6) is 0.310. The summed E-state index contributed by atoms with van der Waals surface area (Å²) >= 11 is 1.65. The van der Waals surface area contributed by atoms with Crippen LogP contribution in [0.4, 0.5) is 0 Å². The molecule has 0 aliphatic heterocycles. The van der Waals surface area contributed by atoms with Crippen LogP contribution in [0, 0.1) is 12.8 Å². The van der Waals surface area contributed by atoms with Crippen LogP contribution in [0.5, 0.6) is 0 Å². The van der Waals surface area contributed by atoms with E-state index >= 15 is 0 Å². The van der Waals surface area contributed by atoms with Crippen LogP contribution in [0.2, 0.25) is 0 Å². The number of primary amides is 1. The number of carbonyl (C=O) groups is 1. The molecule has 114 valence electrons. The first-order chi connectivity index (χ1) is 9.97. The van der Waals surface area contributed by atoms with Gasteiger partial charge in [0.2, 0.25) is 0 Å². The van der Waals surface area contributed by atoms with Gasteiger partial charge in [0.1, 0.15) is 0 Å². The summed E-state index contributed by atoms with van der Waals surface area (Å²) in [6.45, 7) is 9.53. The normalized spacial score (nSPS) is 11.3. The van der Waals surface area contributed by atoms with E-state index in [4.69, 9.17) is 5.73 Å². The van der Waals surface area contributed by atoms with Gasteiger partial charge in [0.05, 0.1) is 5.56 Å². The van der Waals surface area contributed by atoms with E-state index in [1.807, 2.05) is 12.3 Å². The molecule has 2 rings (SSSR count). The summed E-state index contributed by atoms with van der Waals surface area (Å²) in [5.41, 5.74) is 10.7. The van der Waals surface area contributed by atoms with Crippen molar-refractivity contribution in [3.63, 3.8) is 0 Å². The van der Waals surface area contributed by atoms with Crippen molar-refractivity contribution in [2.75, 3.05) is 0 Å². The predicted molar refractivity (Wildman–Crippen MR) is 89.8 cm³/mol. The Labute approximate surface area is 130 Å². The highest BCUT2D eigenvalue weighted by molar-refractivity contribution is 7.08. The molecule has 0 aliphatic carbocycles. The highest BCUT2D eigenvalue weighted by Crippen LogP contribution is 2.34. The van der Waals surface area contributed by atoms with Crippen molar-refractivity contribution in [2.24, 2.45) is 11.7 Å². The second-order valence-electron chi connectivity index (χ2n) is 5.85. The maximum atomic E-state index is 12.0. The molecular weight excluding hydrogens is 280 g/mol. The lowest BCUT2D eigenvalue weighted by atomic mass is 10.0. The molecule has 1 amide bonds. The van der Waals surface area contributed by atoms with Crippen LogP contribution in [0.3, 0.4) is 0 Å². The zero-order chi connectivity index (χ0) is 15.6. The Morgan fingerprint density at radius 2 is 2.14 bits per heavy atom. The minimum absolute atomic E-state index is 0.327. The molecule has 2 aromatic heterocycles. The van der Waals surface area contributed by atoms with Crippen LogP contribution in [0.1, 0.15) is 48.9 Å². The number of thiophene rings is 1. The number of amides is 1. The first-order valence-electron chi connectivity index (χ1n) is 7.51. The van der Waals surface area contributed by atoms with Crippen molar-refractivity contribution in [1.29, 1.82) is 0 Å². The molecule has 2 N–H and O–H groups in total. The summed E-state index contributed by atoms with van der Waals surface area (Å²) in [5, 5.41) is 4.13. The van der Waals surface area contributed by atoms with Gasteiger partial charge in [-0.1, -0.05) is 20.8 Å². The van der Waals surface area contributed by atoms with Crippen molar-refractivity contribution in [3.05, 3.63) is 33.8 Å². The van der Waals surface area contributed by atoms with E-state index in [9.17, 15) is 4.79 Å². The van der Waals surface area contributed by atoms with Crippen LogP contribution in [-0.4, -0.2) is 10.5 Å². The van der Waals surface area contributed by atoms with E-state index in [-0.39, 0.29) is 5.91 Å². The maximum Gasteiger partial charge on any atom is 0.251 e. The van der Waals surface area contributed by atoms with Gasteiger partial charge in [-0.15, -0.1) is 0 Å². The van der Waals surface area contributed by atoms with Crippen LogP contribution in [-0.2, 0) is 13.0 Å². The Balaban J connectivity index is 2.62. The molecule has 0 saturated carbocycles. The Hall–Kier alpha value is -1.55. The minimum Gasteiger partial charge on any atom is -0.366 e. The van der Waals surface area contributed by atoms with E-state index in [0.29, 0.717) is 11.5 Å². The van der Waals surface area contributed by atoms with Gasteiger partial charge >= 0.3 is 0 Å². The van der Waals surface area contributed by atoms with Crippen LogP contribution in [0.25, 0.3) is 11.1 Å². The predicted octanol–water partition coefficient (Wildman–Crippen LogP) is 4.23. The quantitative estimate of drug-likeness (QED) is 0.853. The molecule has 0 spiro atoms. The fourth-order valence-corrected chi connectivity index (χ4v) is 3.52. The molecule has 0 fully saturated rings. The molecule has 0 saturated heterocycles. The van der Waals surface area contributed by atoms with Crippen LogP contribution in [0.15, 0.2) is 16.8 Å². The summed E-state index contributed by atoms with van der Waals surface area (Å²) in [6, 6.07) is 2.07. The molecule has 0 radical (unpaired) electrons. The summed E-state index contributed by atoms with van der Waals surface area (Å²) < 4.78 is 2.28. The molecule has 4 heteroatoms. The summed E-state index contributed by atoms with van der Waals surface area (Å²) in [6.07, 6.45) is 2.00. The number of nitrogens with two attached hydrogens (primary N) is 1. The first kappa shape index (κ1) is 15.8. The van der Waals surface area contributed by atoms with Crippen LogP contribution >= 0.6 is 11.3 Å². The van der Waals surface area contributed by atoms with Gasteiger partial charge in [0.15, 0.2) is 0 Å². The third kappa shape index (κ3) is 3.05. The van der Waals surface area contributed by atoms with Crippen LogP contribution < -0.4 is 5.73 Å². The molecule has 21 heavy (non-hydrogen) atoms. The summed E-state index contributed by atoms with van der Waals surface area (Å²) in [7, 11) is 0. The zero-order valence-corrected chi connectivity index (χ0v) is 14.1. The van der Waals surface area contributed by atoms with Gasteiger partial charge in [-0.2, -0.15) is 11.3 Å². The Bertz CT molecular complexity index is 624. The maximum absolute atomic E-state index is 12.0. The molecule has 0 bridgehead atoms. The lowest BCUT2D eigenvalue weighted by Gasteiger charge is -2.13. The largest absolute Gasteiger partial charge is 0.366 e. The van der Waals surface area contributed by atoms with Gasteiger partial charge in [-0.3, -0.25) is 4.79 Å². The monoisotopic (exact) mass is 304 g/mol. The Morgan fingerprint density at radius 3 is 2.62 bits per heavy atom. The second-order valence-corrected chi connectivity index (χ2v) is 6.63. The number of hydrogen-bond donors (Lipinski definition) is 1. The fourth-order valence-electron chi connectivity index (χ4n) is 2.87. The number of nitrogens with zero attached hydrogens (tertiary/aromatic N) is 1. The molecule has 2 heterocycles. The first-order valence-corrected chi connectivity index (χ1v) is 8.45. The smallest absolute Gasteiger partial charge is 0.251 e. The van der Waals surface area contributed by atoms with Gasteiger partial charge in [-0.05, 0) is 48.1 Å². The number of rotatable bonds is 6. The lowest BCUT2D eigenvalue weighted by Crippen LogP contribution is -2.13. The number of carbonyl (C=O) groups excluding carboxylic acids is 1. The van der Waals surface area contributed by atoms with Gasteiger partial charge in [-0.25, -0.2) is 0 Å². The van der Waals surface area contributed by atoms with Crippen molar-refractivity contribution in [2.45, 2.75) is 47.1 Å². The van der Waals surface area contributed by atoms with E-state index < -0.39 is 0 Å². The average Bonchev–Trinajstić information content (AvgIpc) is 3.01. The van der Waals surface area contributed by atoms with E-state index in [1.54, 1.807) is 11.3 Å². The average molecular weight is 304 g/mol. The van der Waals surface area contributed by atoms with Crippen molar-refractivity contribution < 1.29 is 4.79 Å². The van der Waals surface area contributed by atoms with Crippen molar-refractivity contribution in [1.82, 2.24) is 4.57 Å². The molecule has 0 unspecified atom stereocenters. The summed E-state index contributed by atoms with van der Waals surface area (Å²) in [4.78, 5) is 12.0. The molecule has 0 aromatic carbocycles. The van der Waals surface area contributed by atoms with Gasteiger partial charge < -0.3 is 10.3 Å². The van der Waals surface area contributed by atoms with E-state index in [0.717, 1.165) is 36.2 Å². The SMILES string of the molecule is CCc1c(-c2ccsc2)c(C(N)=O)c(C)n1CCC(C)C. The highest BCUT2D eigenvalue weighted by atomic mass is 32.1. The van der Waals surface area contributed by atoms with Crippen molar-refractivity contribution >= 4 is 17.2 Å². The molecular formula is C17H24N2OS. The van der Waals surface area contributed by atoms with E-state index in [2.05, 4.69) is 36.8 Å². The third-order valence-corrected chi connectivity index (χ3v) is 4.64. The fraction of sp³-hybridized carbons (Fsp3) is 0.471. The number of hydrogen-bond acceptors (Lipinski definition) is 2. The topological polar surface area (TPSA) is 48.0 Å².